The molecule has 0 radical (unpaired) electrons. The second-order valence-electron chi connectivity index (χ2n) is 8.72. The van der Waals surface area contributed by atoms with E-state index in [1.54, 1.807) is 0 Å². The molecular weight excluding hydrogens is 439 g/mol. The predicted molar refractivity (Wildman–Crippen MR) is 127 cm³/mol. The van der Waals surface area contributed by atoms with E-state index in [0.29, 0.717) is 23.7 Å². The molecule has 3 aromatic rings. The maximum Gasteiger partial charge on any atom is 0.416 e. The number of allylic oxidation sites excluding steroid dienone is 1. The summed E-state index contributed by atoms with van der Waals surface area (Å²) in [5, 5.41) is 2.90. The van der Waals surface area contributed by atoms with Crippen LogP contribution in [0.2, 0.25) is 0 Å². The molecule has 1 heterocycles. The molecule has 1 atom stereocenters. The largest absolute Gasteiger partial charge is 0.416 e. The van der Waals surface area contributed by atoms with Gasteiger partial charge in [-0.3, -0.25) is 9.78 Å². The van der Waals surface area contributed by atoms with Crippen LogP contribution in [-0.2, 0) is 23.8 Å². The van der Waals surface area contributed by atoms with E-state index in [-0.39, 0.29) is 12.3 Å². The standard InChI is InChI=1S/C27H26F3N3O/c1-17(33(2)3)19-6-8-20(9-7-19)21-15-23-24(31-16-21)12-13-25(23)32-26(34)14-18-4-10-22(11-5-18)27(28,29)30/h4-11,13,15-17H,12,14H2,1-3H3,(H,32,34). The van der Waals surface area contributed by atoms with Crippen molar-refractivity contribution in [1.82, 2.24) is 15.2 Å². The van der Waals surface area contributed by atoms with Crippen molar-refractivity contribution in [3.05, 3.63) is 94.8 Å². The summed E-state index contributed by atoms with van der Waals surface area (Å²) in [6, 6.07) is 15.3. The molecule has 1 unspecified atom stereocenters. The molecule has 0 saturated carbocycles. The molecule has 2 aromatic carbocycles. The molecule has 0 fully saturated rings. The van der Waals surface area contributed by atoms with Crippen LogP contribution in [0.25, 0.3) is 16.8 Å². The zero-order valence-corrected chi connectivity index (χ0v) is 19.3. The first-order valence-electron chi connectivity index (χ1n) is 11.0. The Balaban J connectivity index is 1.46. The number of pyridine rings is 1. The van der Waals surface area contributed by atoms with Crippen molar-refractivity contribution in [2.45, 2.75) is 32.0 Å². The lowest BCUT2D eigenvalue weighted by atomic mass is 10.0. The minimum absolute atomic E-state index is 0.0105. The number of hydrogen-bond acceptors (Lipinski definition) is 3. The van der Waals surface area contributed by atoms with Crippen LogP contribution in [0, 0.1) is 0 Å². The van der Waals surface area contributed by atoms with E-state index in [0.717, 1.165) is 34.5 Å². The van der Waals surface area contributed by atoms with Crippen molar-refractivity contribution >= 4 is 11.6 Å². The lowest BCUT2D eigenvalue weighted by Gasteiger charge is -2.20. The summed E-state index contributed by atoms with van der Waals surface area (Å²) in [5.41, 5.74) is 5.42. The lowest BCUT2D eigenvalue weighted by molar-refractivity contribution is -0.137. The van der Waals surface area contributed by atoms with Gasteiger partial charge in [0.25, 0.3) is 0 Å². The van der Waals surface area contributed by atoms with Gasteiger partial charge in [0.2, 0.25) is 5.91 Å². The summed E-state index contributed by atoms with van der Waals surface area (Å²) in [6.45, 7) is 2.15. The molecule has 0 aliphatic heterocycles. The summed E-state index contributed by atoms with van der Waals surface area (Å²) in [6.07, 6.45) is -0.0407. The Kier molecular flexibility index (Phi) is 6.57. The van der Waals surface area contributed by atoms with E-state index in [1.165, 1.54) is 17.7 Å². The van der Waals surface area contributed by atoms with E-state index in [1.807, 2.05) is 32.4 Å². The molecule has 7 heteroatoms. The van der Waals surface area contributed by atoms with Crippen LogP contribution in [0.3, 0.4) is 0 Å². The summed E-state index contributed by atoms with van der Waals surface area (Å²) in [5.74, 6) is -0.286. The molecule has 1 aromatic heterocycles. The average molecular weight is 466 g/mol. The molecule has 34 heavy (non-hydrogen) atoms. The highest BCUT2D eigenvalue weighted by molar-refractivity contribution is 5.90. The molecule has 4 nitrogen and oxygen atoms in total. The fraction of sp³-hybridized carbons (Fsp3) is 0.259. The van der Waals surface area contributed by atoms with Crippen LogP contribution < -0.4 is 5.32 Å². The Morgan fingerprint density at radius 2 is 1.74 bits per heavy atom. The smallest absolute Gasteiger partial charge is 0.325 e. The molecule has 0 spiro atoms. The van der Waals surface area contributed by atoms with Gasteiger partial charge in [0.15, 0.2) is 0 Å². The fourth-order valence-electron chi connectivity index (χ4n) is 3.92. The molecule has 1 aliphatic carbocycles. The Labute approximate surface area is 197 Å². The van der Waals surface area contributed by atoms with E-state index in [9.17, 15) is 18.0 Å². The minimum Gasteiger partial charge on any atom is -0.325 e. The number of hydrogen-bond donors (Lipinski definition) is 1. The highest BCUT2D eigenvalue weighted by Crippen LogP contribution is 2.31. The first-order valence-corrected chi connectivity index (χ1v) is 11.0. The van der Waals surface area contributed by atoms with Crippen molar-refractivity contribution in [3.63, 3.8) is 0 Å². The van der Waals surface area contributed by atoms with Gasteiger partial charge in [0, 0.05) is 35.5 Å². The summed E-state index contributed by atoms with van der Waals surface area (Å²) >= 11 is 0. The number of aromatic nitrogens is 1. The summed E-state index contributed by atoms with van der Waals surface area (Å²) in [7, 11) is 4.09. The predicted octanol–water partition coefficient (Wildman–Crippen LogP) is 5.65. The third-order valence-corrected chi connectivity index (χ3v) is 6.18. The van der Waals surface area contributed by atoms with E-state index in [2.05, 4.69) is 46.4 Å². The van der Waals surface area contributed by atoms with Gasteiger partial charge < -0.3 is 10.2 Å². The van der Waals surface area contributed by atoms with Gasteiger partial charge in [0.05, 0.1) is 17.7 Å². The Hall–Kier alpha value is -3.45. The number of nitrogens with one attached hydrogen (secondary N) is 1. The Morgan fingerprint density at radius 3 is 2.35 bits per heavy atom. The highest BCUT2D eigenvalue weighted by atomic mass is 19.4. The minimum atomic E-state index is -4.39. The van der Waals surface area contributed by atoms with Gasteiger partial charge >= 0.3 is 6.18 Å². The van der Waals surface area contributed by atoms with Gasteiger partial charge in [-0.2, -0.15) is 13.2 Å². The van der Waals surface area contributed by atoms with Crippen LogP contribution in [0.4, 0.5) is 13.2 Å². The molecule has 176 valence electrons. The number of fused-ring (bicyclic) bond motifs is 1. The average Bonchev–Trinajstić information content (AvgIpc) is 3.20. The monoisotopic (exact) mass is 465 g/mol. The zero-order valence-electron chi connectivity index (χ0n) is 19.3. The van der Waals surface area contributed by atoms with E-state index >= 15 is 0 Å². The second-order valence-corrected chi connectivity index (χ2v) is 8.72. The van der Waals surface area contributed by atoms with Crippen molar-refractivity contribution in [3.8, 4) is 11.1 Å². The molecule has 1 amide bonds. The quantitative estimate of drug-likeness (QED) is 0.512. The Morgan fingerprint density at radius 1 is 1.06 bits per heavy atom. The molecule has 1 N–H and O–H groups in total. The van der Waals surface area contributed by atoms with Gasteiger partial charge in [-0.15, -0.1) is 0 Å². The van der Waals surface area contributed by atoms with Gasteiger partial charge in [-0.1, -0.05) is 42.5 Å². The van der Waals surface area contributed by atoms with Gasteiger partial charge in [-0.25, -0.2) is 0 Å². The number of carbonyl (C=O) groups is 1. The van der Waals surface area contributed by atoms with Crippen molar-refractivity contribution in [2.75, 3.05) is 14.1 Å². The number of rotatable bonds is 6. The third kappa shape index (κ3) is 5.20. The highest BCUT2D eigenvalue weighted by Gasteiger charge is 2.30. The molecule has 1 aliphatic rings. The fourth-order valence-corrected chi connectivity index (χ4v) is 3.92. The van der Waals surface area contributed by atoms with Crippen LogP contribution in [0.15, 0.2) is 66.9 Å². The maximum absolute atomic E-state index is 12.7. The van der Waals surface area contributed by atoms with E-state index in [4.69, 9.17) is 0 Å². The SMILES string of the molecule is CC(c1ccc(-c2cnc3c(c2)C(NC(=O)Cc2ccc(C(F)(F)F)cc2)=CC3)cc1)N(C)C. The lowest BCUT2D eigenvalue weighted by Crippen LogP contribution is -2.23. The zero-order chi connectivity index (χ0) is 24.5. The normalized spacial score (nSPS) is 14.0. The number of benzene rings is 2. The number of carbonyl (C=O) groups excluding carboxylic acids is 1. The summed E-state index contributed by atoms with van der Waals surface area (Å²) < 4.78 is 38.2. The maximum atomic E-state index is 12.7. The summed E-state index contributed by atoms with van der Waals surface area (Å²) in [4.78, 5) is 19.3. The first kappa shape index (κ1) is 23.7. The van der Waals surface area contributed by atoms with Crippen LogP contribution in [0.5, 0.6) is 0 Å². The first-order chi connectivity index (χ1) is 16.1. The number of amides is 1. The number of alkyl halides is 3. The molecular formula is C27H26F3N3O. The molecule has 0 saturated heterocycles. The third-order valence-electron chi connectivity index (χ3n) is 6.18. The Bertz CT molecular complexity index is 1210. The van der Waals surface area contributed by atoms with Crippen molar-refractivity contribution in [1.29, 1.82) is 0 Å². The van der Waals surface area contributed by atoms with Crippen molar-refractivity contribution < 1.29 is 18.0 Å². The molecule has 0 bridgehead atoms. The topological polar surface area (TPSA) is 45.2 Å². The van der Waals surface area contributed by atoms with Crippen LogP contribution in [0.1, 0.15) is 40.9 Å². The van der Waals surface area contributed by atoms with Gasteiger partial charge in [0.1, 0.15) is 0 Å². The van der Waals surface area contributed by atoms with Crippen LogP contribution >= 0.6 is 0 Å². The second kappa shape index (κ2) is 9.43. The number of halogens is 3. The molecule has 4 rings (SSSR count). The number of nitrogens with zero attached hydrogens (tertiary/aromatic N) is 2. The van der Waals surface area contributed by atoms with Gasteiger partial charge in [-0.05, 0) is 55.9 Å². The van der Waals surface area contributed by atoms with Crippen LogP contribution in [-0.4, -0.2) is 29.9 Å². The van der Waals surface area contributed by atoms with Crippen molar-refractivity contribution in [2.24, 2.45) is 0 Å². The van der Waals surface area contributed by atoms with E-state index < -0.39 is 11.7 Å².